The lowest BCUT2D eigenvalue weighted by molar-refractivity contribution is -0.870. The SMILES string of the molecule is CCCCCCCC/C=C/C/C=C/C=C/C(O)CCCC(=O)O[C@H](COC(C)=O)COP(=O)([O-])OCC[N+](C)(C)C. The Hall–Kier alpha value is -1.81. The first-order chi connectivity index (χ1) is 19.3. The molecule has 238 valence electrons. The molecule has 0 heterocycles. The number of nitrogens with zero attached hydrogens (tertiary/aromatic N) is 1. The number of phosphoric acid groups is 1. The Morgan fingerprint density at radius 3 is 2.34 bits per heavy atom. The fourth-order valence-electron chi connectivity index (χ4n) is 3.45. The molecule has 0 amide bonds. The molecule has 0 saturated carbocycles. The number of unbranched alkanes of at least 4 members (excludes halogenated alkanes) is 6. The average Bonchev–Trinajstić information content (AvgIpc) is 2.87. The van der Waals surface area contributed by atoms with Crippen molar-refractivity contribution < 1.29 is 47.2 Å². The van der Waals surface area contributed by atoms with E-state index in [1.165, 1.54) is 45.4 Å². The predicted octanol–water partition coefficient (Wildman–Crippen LogP) is 5.01. The van der Waals surface area contributed by atoms with Crippen LogP contribution in [0.4, 0.5) is 0 Å². The summed E-state index contributed by atoms with van der Waals surface area (Å²) >= 11 is 0. The summed E-state index contributed by atoms with van der Waals surface area (Å²) in [7, 11) is 1.03. The topological polar surface area (TPSA) is 131 Å². The van der Waals surface area contributed by atoms with Crippen LogP contribution in [0.3, 0.4) is 0 Å². The molecule has 0 aliphatic carbocycles. The maximum atomic E-state index is 12.3. The standard InChI is InChI=1S/C30H54NO9P/c1-6-7-8-9-10-11-12-13-14-15-16-17-18-20-28(33)21-19-22-30(34)40-29(25-37-27(2)32)26-39-41(35,36)38-24-23-31(3,4)5/h13-14,16-18,20,28-29,33H,6-12,15,19,21-26H2,1-5H3/b14-13+,17-16+,20-18+/t28?,29-/m1/s1. The molecule has 10 nitrogen and oxygen atoms in total. The van der Waals surface area contributed by atoms with E-state index < -0.39 is 38.6 Å². The average molecular weight is 604 g/mol. The summed E-state index contributed by atoms with van der Waals surface area (Å²) in [5, 5.41) is 10.1. The van der Waals surface area contributed by atoms with Gasteiger partial charge in [-0.1, -0.05) is 75.5 Å². The van der Waals surface area contributed by atoms with E-state index in [2.05, 4.69) is 19.1 Å². The zero-order valence-corrected chi connectivity index (χ0v) is 26.7. The lowest BCUT2D eigenvalue weighted by atomic mass is 10.1. The number of aliphatic hydroxyl groups excluding tert-OH is 1. The lowest BCUT2D eigenvalue weighted by Crippen LogP contribution is -2.37. The molecule has 0 bridgehead atoms. The van der Waals surface area contributed by atoms with E-state index in [1.807, 2.05) is 33.3 Å². The van der Waals surface area contributed by atoms with Gasteiger partial charge in [-0.3, -0.25) is 14.2 Å². The molecule has 0 radical (unpaired) electrons. The van der Waals surface area contributed by atoms with E-state index >= 15 is 0 Å². The molecule has 0 aliphatic heterocycles. The molecule has 0 spiro atoms. The Labute approximate surface area is 247 Å². The number of likely N-dealkylation sites (N-methyl/N-ethyl adjacent to an activating group) is 1. The van der Waals surface area contributed by atoms with Crippen LogP contribution < -0.4 is 4.89 Å². The second-order valence-electron chi connectivity index (χ2n) is 11.0. The molecule has 3 atom stereocenters. The summed E-state index contributed by atoms with van der Waals surface area (Å²) in [4.78, 5) is 35.4. The van der Waals surface area contributed by atoms with Gasteiger partial charge in [-0.05, 0) is 32.1 Å². The van der Waals surface area contributed by atoms with Crippen molar-refractivity contribution in [1.29, 1.82) is 0 Å². The molecule has 41 heavy (non-hydrogen) atoms. The van der Waals surface area contributed by atoms with Crippen LogP contribution in [-0.2, 0) is 32.7 Å². The molecular formula is C30H54NO9P. The zero-order valence-electron chi connectivity index (χ0n) is 25.8. The highest BCUT2D eigenvalue weighted by Gasteiger charge is 2.21. The zero-order chi connectivity index (χ0) is 31.0. The van der Waals surface area contributed by atoms with Gasteiger partial charge in [0.1, 0.15) is 19.8 Å². The Bertz CT molecular complexity index is 836. The molecule has 2 unspecified atom stereocenters. The van der Waals surface area contributed by atoms with Crippen LogP contribution in [0.2, 0.25) is 0 Å². The van der Waals surface area contributed by atoms with Gasteiger partial charge < -0.3 is 33.0 Å². The molecule has 0 aliphatic rings. The van der Waals surface area contributed by atoms with Crippen LogP contribution in [0.25, 0.3) is 0 Å². The van der Waals surface area contributed by atoms with Crippen LogP contribution in [0.1, 0.15) is 84.5 Å². The van der Waals surface area contributed by atoms with Crippen LogP contribution in [0, 0.1) is 0 Å². The molecule has 11 heteroatoms. The number of carbonyl (C=O) groups excluding carboxylic acids is 2. The highest BCUT2D eigenvalue weighted by Crippen LogP contribution is 2.38. The van der Waals surface area contributed by atoms with E-state index in [4.69, 9.17) is 18.5 Å². The first kappa shape index (κ1) is 39.2. The minimum absolute atomic E-state index is 0.00422. The van der Waals surface area contributed by atoms with Gasteiger partial charge in [0.25, 0.3) is 7.82 Å². The summed E-state index contributed by atoms with van der Waals surface area (Å²) in [6, 6.07) is 0. The van der Waals surface area contributed by atoms with Crippen molar-refractivity contribution >= 4 is 19.8 Å². The molecule has 0 aromatic rings. The summed E-state index contributed by atoms with van der Waals surface area (Å²) in [6.07, 6.45) is 20.3. The van der Waals surface area contributed by atoms with Crippen LogP contribution in [0.5, 0.6) is 0 Å². The normalized spacial score (nSPS) is 15.4. The smallest absolute Gasteiger partial charge is 0.306 e. The fourth-order valence-corrected chi connectivity index (χ4v) is 4.17. The van der Waals surface area contributed by atoms with E-state index in [0.717, 1.165) is 12.8 Å². The predicted molar refractivity (Wildman–Crippen MR) is 159 cm³/mol. The number of phosphoric ester groups is 1. The van der Waals surface area contributed by atoms with Crippen molar-refractivity contribution in [2.75, 3.05) is 47.5 Å². The van der Waals surface area contributed by atoms with Crippen LogP contribution >= 0.6 is 7.82 Å². The third kappa shape index (κ3) is 28.1. The largest absolute Gasteiger partial charge is 0.756 e. The number of hydrogen-bond acceptors (Lipinski definition) is 9. The van der Waals surface area contributed by atoms with Crippen molar-refractivity contribution in [2.24, 2.45) is 0 Å². The van der Waals surface area contributed by atoms with Gasteiger partial charge in [-0.25, -0.2) is 0 Å². The highest BCUT2D eigenvalue weighted by molar-refractivity contribution is 7.45. The quantitative estimate of drug-likeness (QED) is 0.0382. The van der Waals surface area contributed by atoms with Gasteiger partial charge >= 0.3 is 11.9 Å². The van der Waals surface area contributed by atoms with Gasteiger partial charge in [-0.15, -0.1) is 0 Å². The van der Waals surface area contributed by atoms with Gasteiger partial charge in [0, 0.05) is 13.3 Å². The third-order valence-corrected chi connectivity index (χ3v) is 6.79. The first-order valence-electron chi connectivity index (χ1n) is 14.7. The molecule has 0 rings (SSSR count). The summed E-state index contributed by atoms with van der Waals surface area (Å²) in [6.45, 7) is 2.88. The maximum absolute atomic E-state index is 12.3. The molecule has 1 N–H and O–H groups in total. The van der Waals surface area contributed by atoms with Crippen LogP contribution in [-0.4, -0.2) is 81.2 Å². The van der Waals surface area contributed by atoms with E-state index in [0.29, 0.717) is 23.9 Å². The van der Waals surface area contributed by atoms with Crippen molar-refractivity contribution in [1.82, 2.24) is 0 Å². The van der Waals surface area contributed by atoms with Crippen molar-refractivity contribution in [3.8, 4) is 0 Å². The number of carbonyl (C=O) groups is 2. The second kappa shape index (κ2) is 23.7. The summed E-state index contributed by atoms with van der Waals surface area (Å²) in [5.74, 6) is -1.23. The number of allylic oxidation sites excluding steroid dienone is 5. The Balaban J connectivity index is 4.30. The van der Waals surface area contributed by atoms with Crippen LogP contribution in [0.15, 0.2) is 36.5 Å². The van der Waals surface area contributed by atoms with Gasteiger partial charge in [-0.2, -0.15) is 0 Å². The minimum Gasteiger partial charge on any atom is -0.756 e. The third-order valence-electron chi connectivity index (χ3n) is 5.83. The summed E-state index contributed by atoms with van der Waals surface area (Å²) < 4.78 is 32.3. The van der Waals surface area contributed by atoms with Gasteiger partial charge in [0.05, 0.1) is 33.9 Å². The van der Waals surface area contributed by atoms with E-state index in [-0.39, 0.29) is 19.6 Å². The van der Waals surface area contributed by atoms with E-state index in [1.54, 1.807) is 12.2 Å². The Morgan fingerprint density at radius 1 is 0.951 bits per heavy atom. The number of quaternary nitrogens is 1. The summed E-state index contributed by atoms with van der Waals surface area (Å²) in [5.41, 5.74) is 0. The highest BCUT2D eigenvalue weighted by atomic mass is 31.2. The number of esters is 2. The molecule has 0 aromatic heterocycles. The van der Waals surface area contributed by atoms with Crippen molar-refractivity contribution in [2.45, 2.75) is 96.7 Å². The lowest BCUT2D eigenvalue weighted by Gasteiger charge is -2.28. The Morgan fingerprint density at radius 2 is 1.66 bits per heavy atom. The van der Waals surface area contributed by atoms with Crippen molar-refractivity contribution in [3.63, 3.8) is 0 Å². The Kier molecular flexibility index (Phi) is 22.7. The molecular weight excluding hydrogens is 549 g/mol. The number of rotatable bonds is 25. The molecule has 0 aromatic carbocycles. The van der Waals surface area contributed by atoms with Gasteiger partial charge in [0.15, 0.2) is 6.10 Å². The van der Waals surface area contributed by atoms with Crippen molar-refractivity contribution in [3.05, 3.63) is 36.5 Å². The number of aliphatic hydroxyl groups is 1. The second-order valence-corrected chi connectivity index (χ2v) is 12.5. The fraction of sp³-hybridized carbons (Fsp3) is 0.733. The monoisotopic (exact) mass is 603 g/mol. The number of hydrogen-bond donors (Lipinski definition) is 1. The van der Waals surface area contributed by atoms with E-state index in [9.17, 15) is 24.2 Å². The first-order valence-corrected chi connectivity index (χ1v) is 16.2. The van der Waals surface area contributed by atoms with Gasteiger partial charge in [0.2, 0.25) is 0 Å². The number of ether oxygens (including phenoxy) is 2. The molecule has 0 fully saturated rings. The maximum Gasteiger partial charge on any atom is 0.306 e. The minimum atomic E-state index is -4.63. The molecule has 0 saturated heterocycles.